The number of thiol groups is 1. The zero-order chi connectivity index (χ0) is 12.3. The number of benzene rings is 2. The van der Waals surface area contributed by atoms with Gasteiger partial charge in [-0.15, -0.1) is 12.6 Å². The summed E-state index contributed by atoms with van der Waals surface area (Å²) in [6.45, 7) is 0. The highest BCUT2D eigenvalue weighted by Crippen LogP contribution is 2.16. The van der Waals surface area contributed by atoms with E-state index < -0.39 is 0 Å². The number of anilines is 2. The first-order chi connectivity index (χ1) is 8.16. The molecule has 3 N–H and O–H groups in total. The molecular formula is C13H12N2OS. The topological polar surface area (TPSA) is 55.1 Å². The van der Waals surface area contributed by atoms with Crippen LogP contribution in [0, 0.1) is 0 Å². The number of nitrogen functional groups attached to an aromatic ring is 1. The van der Waals surface area contributed by atoms with Gasteiger partial charge >= 0.3 is 0 Å². The Balaban J connectivity index is 2.17. The number of carbonyl (C=O) groups excluding carboxylic acids is 1. The van der Waals surface area contributed by atoms with Crippen LogP contribution in [0.1, 0.15) is 10.4 Å². The van der Waals surface area contributed by atoms with Gasteiger partial charge in [0.25, 0.3) is 5.91 Å². The van der Waals surface area contributed by atoms with Gasteiger partial charge in [-0.2, -0.15) is 0 Å². The van der Waals surface area contributed by atoms with Gasteiger partial charge in [-0.1, -0.05) is 12.1 Å². The van der Waals surface area contributed by atoms with Crippen LogP contribution in [-0.2, 0) is 0 Å². The Hall–Kier alpha value is -1.94. The first-order valence-corrected chi connectivity index (χ1v) is 5.56. The van der Waals surface area contributed by atoms with Gasteiger partial charge in [0, 0.05) is 16.3 Å². The van der Waals surface area contributed by atoms with E-state index in [0.29, 0.717) is 21.8 Å². The molecule has 0 fully saturated rings. The van der Waals surface area contributed by atoms with E-state index in [1.54, 1.807) is 42.5 Å². The van der Waals surface area contributed by atoms with Gasteiger partial charge in [-0.05, 0) is 36.4 Å². The third kappa shape index (κ3) is 2.79. The van der Waals surface area contributed by atoms with E-state index in [2.05, 4.69) is 17.9 Å². The highest BCUT2D eigenvalue weighted by molar-refractivity contribution is 7.80. The highest BCUT2D eigenvalue weighted by atomic mass is 32.1. The maximum absolute atomic E-state index is 11.9. The fourth-order valence-electron chi connectivity index (χ4n) is 1.43. The number of hydrogen-bond acceptors (Lipinski definition) is 3. The van der Waals surface area contributed by atoms with Crippen molar-refractivity contribution in [1.29, 1.82) is 0 Å². The van der Waals surface area contributed by atoms with Crippen molar-refractivity contribution < 1.29 is 4.79 Å². The van der Waals surface area contributed by atoms with Crippen LogP contribution in [0.15, 0.2) is 53.4 Å². The second-order valence-corrected chi connectivity index (χ2v) is 4.08. The lowest BCUT2D eigenvalue weighted by Gasteiger charge is -2.07. The Morgan fingerprint density at radius 2 is 1.71 bits per heavy atom. The lowest BCUT2D eigenvalue weighted by Crippen LogP contribution is -2.12. The summed E-state index contributed by atoms with van der Waals surface area (Å²) in [6, 6.07) is 14.1. The van der Waals surface area contributed by atoms with Crippen molar-refractivity contribution in [2.75, 3.05) is 11.1 Å². The summed E-state index contributed by atoms with van der Waals surface area (Å²) in [7, 11) is 0. The fraction of sp³-hybridized carbons (Fsp3) is 0. The molecule has 0 atom stereocenters. The summed E-state index contributed by atoms with van der Waals surface area (Å²) in [6.07, 6.45) is 0. The van der Waals surface area contributed by atoms with Crippen LogP contribution >= 0.6 is 12.6 Å². The minimum absolute atomic E-state index is 0.180. The molecule has 0 spiro atoms. The van der Waals surface area contributed by atoms with Crippen molar-refractivity contribution >= 4 is 29.9 Å². The molecule has 0 saturated heterocycles. The molecular weight excluding hydrogens is 232 g/mol. The highest BCUT2D eigenvalue weighted by Gasteiger charge is 2.08. The van der Waals surface area contributed by atoms with Gasteiger partial charge in [0.1, 0.15) is 0 Å². The first-order valence-electron chi connectivity index (χ1n) is 5.12. The van der Waals surface area contributed by atoms with E-state index in [1.165, 1.54) is 0 Å². The molecule has 0 aliphatic heterocycles. The third-order valence-corrected chi connectivity index (χ3v) is 2.71. The maximum atomic E-state index is 11.9. The predicted octanol–water partition coefficient (Wildman–Crippen LogP) is 2.81. The van der Waals surface area contributed by atoms with E-state index in [4.69, 9.17) is 5.73 Å². The Morgan fingerprint density at radius 1 is 1.06 bits per heavy atom. The number of hydrogen-bond donors (Lipinski definition) is 3. The first kappa shape index (κ1) is 11.5. The molecule has 0 unspecified atom stereocenters. The summed E-state index contributed by atoms with van der Waals surface area (Å²) in [5.41, 5.74) is 7.49. The minimum Gasteiger partial charge on any atom is -0.399 e. The van der Waals surface area contributed by atoms with Gasteiger partial charge in [-0.25, -0.2) is 0 Å². The van der Waals surface area contributed by atoms with Crippen molar-refractivity contribution in [2.45, 2.75) is 4.90 Å². The van der Waals surface area contributed by atoms with Crippen LogP contribution in [0.2, 0.25) is 0 Å². The smallest absolute Gasteiger partial charge is 0.256 e. The maximum Gasteiger partial charge on any atom is 0.256 e. The molecule has 0 aliphatic carbocycles. The largest absolute Gasteiger partial charge is 0.399 e. The van der Waals surface area contributed by atoms with Crippen molar-refractivity contribution in [1.82, 2.24) is 0 Å². The van der Waals surface area contributed by atoms with Crippen LogP contribution in [0.4, 0.5) is 11.4 Å². The van der Waals surface area contributed by atoms with Crippen molar-refractivity contribution in [3.63, 3.8) is 0 Å². The lowest BCUT2D eigenvalue weighted by molar-refractivity contribution is 0.102. The Labute approximate surface area is 105 Å². The van der Waals surface area contributed by atoms with E-state index in [0.717, 1.165) is 0 Å². The molecule has 3 nitrogen and oxygen atoms in total. The van der Waals surface area contributed by atoms with Gasteiger partial charge < -0.3 is 11.1 Å². The average Bonchev–Trinajstić information content (AvgIpc) is 2.32. The summed E-state index contributed by atoms with van der Waals surface area (Å²) in [5.74, 6) is -0.180. The van der Waals surface area contributed by atoms with Crippen LogP contribution in [0.25, 0.3) is 0 Å². The molecule has 86 valence electrons. The molecule has 0 aromatic heterocycles. The lowest BCUT2D eigenvalue weighted by atomic mass is 10.2. The van der Waals surface area contributed by atoms with E-state index in [9.17, 15) is 4.79 Å². The van der Waals surface area contributed by atoms with E-state index in [1.807, 2.05) is 6.07 Å². The minimum atomic E-state index is -0.180. The molecule has 2 aromatic rings. The number of amides is 1. The third-order valence-electron chi connectivity index (χ3n) is 2.32. The van der Waals surface area contributed by atoms with Crippen LogP contribution < -0.4 is 11.1 Å². The standard InChI is InChI=1S/C13H12N2OS/c14-9-5-7-10(8-6-9)15-13(16)11-3-1-2-4-12(11)17/h1-8,17H,14H2,(H,15,16). The van der Waals surface area contributed by atoms with Gasteiger partial charge in [0.2, 0.25) is 0 Å². The monoisotopic (exact) mass is 244 g/mol. The second kappa shape index (κ2) is 4.93. The molecule has 4 heteroatoms. The average molecular weight is 244 g/mol. The zero-order valence-electron chi connectivity index (χ0n) is 9.05. The second-order valence-electron chi connectivity index (χ2n) is 3.59. The summed E-state index contributed by atoms with van der Waals surface area (Å²) in [5, 5.41) is 2.78. The SMILES string of the molecule is Nc1ccc(NC(=O)c2ccccc2S)cc1. The van der Waals surface area contributed by atoms with Crippen molar-refractivity contribution in [3.8, 4) is 0 Å². The van der Waals surface area contributed by atoms with Crippen molar-refractivity contribution in [3.05, 3.63) is 54.1 Å². The van der Waals surface area contributed by atoms with Crippen LogP contribution in [0.3, 0.4) is 0 Å². The molecule has 0 radical (unpaired) electrons. The summed E-state index contributed by atoms with van der Waals surface area (Å²) < 4.78 is 0. The van der Waals surface area contributed by atoms with E-state index >= 15 is 0 Å². The molecule has 17 heavy (non-hydrogen) atoms. The molecule has 0 aliphatic rings. The molecule has 2 rings (SSSR count). The molecule has 1 amide bonds. The number of carbonyl (C=O) groups is 1. The molecule has 0 heterocycles. The Kier molecular flexibility index (Phi) is 3.35. The van der Waals surface area contributed by atoms with Crippen LogP contribution in [0.5, 0.6) is 0 Å². The van der Waals surface area contributed by atoms with Gasteiger partial charge in [0.15, 0.2) is 0 Å². The normalized spacial score (nSPS) is 9.94. The Bertz CT molecular complexity index is 537. The Morgan fingerprint density at radius 3 is 2.35 bits per heavy atom. The van der Waals surface area contributed by atoms with Gasteiger partial charge in [-0.3, -0.25) is 4.79 Å². The van der Waals surface area contributed by atoms with Crippen molar-refractivity contribution in [2.24, 2.45) is 0 Å². The number of nitrogens with one attached hydrogen (secondary N) is 1. The quantitative estimate of drug-likeness (QED) is 0.562. The number of nitrogens with two attached hydrogens (primary N) is 1. The molecule has 0 saturated carbocycles. The molecule has 0 bridgehead atoms. The van der Waals surface area contributed by atoms with Gasteiger partial charge in [0.05, 0.1) is 5.56 Å². The summed E-state index contributed by atoms with van der Waals surface area (Å²) >= 11 is 4.24. The van der Waals surface area contributed by atoms with E-state index in [-0.39, 0.29) is 5.91 Å². The van der Waals surface area contributed by atoms with Crippen LogP contribution in [-0.4, -0.2) is 5.91 Å². The number of rotatable bonds is 2. The predicted molar refractivity (Wildman–Crippen MR) is 72.5 cm³/mol. The fourth-order valence-corrected chi connectivity index (χ4v) is 1.69. The molecule has 2 aromatic carbocycles. The summed E-state index contributed by atoms with van der Waals surface area (Å²) in [4.78, 5) is 12.6. The zero-order valence-corrected chi connectivity index (χ0v) is 9.95.